The number of hydrogen-bond donors (Lipinski definition) is 1. The van der Waals surface area contributed by atoms with Gasteiger partial charge in [0.15, 0.2) is 0 Å². The van der Waals surface area contributed by atoms with Gasteiger partial charge in [0, 0.05) is 16.3 Å². The van der Waals surface area contributed by atoms with Crippen molar-refractivity contribution in [1.29, 1.82) is 5.26 Å². The van der Waals surface area contributed by atoms with Gasteiger partial charge in [-0.05, 0) is 49.2 Å². The molecule has 8 heteroatoms. The van der Waals surface area contributed by atoms with Crippen LogP contribution in [0.4, 0.5) is 5.69 Å². The first-order valence-corrected chi connectivity index (χ1v) is 10.2. The first kappa shape index (κ1) is 18.4. The Labute approximate surface area is 161 Å². The van der Waals surface area contributed by atoms with Gasteiger partial charge in [0.2, 0.25) is 0 Å². The molecule has 0 aliphatic rings. The maximum atomic E-state index is 12.8. The maximum Gasteiger partial charge on any atom is 0.262 e. The molecule has 0 radical (unpaired) electrons. The number of rotatable bonds is 4. The molecule has 0 spiro atoms. The van der Waals surface area contributed by atoms with Crippen LogP contribution in [0.2, 0.25) is 5.02 Å². The van der Waals surface area contributed by atoms with Gasteiger partial charge in [-0.1, -0.05) is 23.7 Å². The number of thiazole rings is 1. The standard InChI is InChI=1S/C18H14ClN3O2S2/c1-11-7-17(12(2)6-16(11)19)26(23,24)22-14-5-3-4-13(8-14)18-21-10-15(9-20)25-18/h3-8,10,22H,1-2H3. The highest BCUT2D eigenvalue weighted by Crippen LogP contribution is 2.29. The van der Waals surface area contributed by atoms with Crippen LogP contribution < -0.4 is 4.72 Å². The molecule has 0 bridgehead atoms. The van der Waals surface area contributed by atoms with Gasteiger partial charge in [0.1, 0.15) is 16.0 Å². The highest BCUT2D eigenvalue weighted by atomic mass is 35.5. The van der Waals surface area contributed by atoms with E-state index < -0.39 is 10.0 Å². The second kappa shape index (κ2) is 7.08. The highest BCUT2D eigenvalue weighted by molar-refractivity contribution is 7.92. The van der Waals surface area contributed by atoms with E-state index in [1.54, 1.807) is 44.2 Å². The monoisotopic (exact) mass is 403 g/mol. The topological polar surface area (TPSA) is 82.8 Å². The first-order valence-electron chi connectivity index (χ1n) is 7.56. The van der Waals surface area contributed by atoms with Gasteiger partial charge in [-0.15, -0.1) is 11.3 Å². The molecule has 3 rings (SSSR count). The summed E-state index contributed by atoms with van der Waals surface area (Å²) in [5.74, 6) is 0. The molecule has 132 valence electrons. The third kappa shape index (κ3) is 3.73. The number of nitrogens with zero attached hydrogens (tertiary/aromatic N) is 2. The lowest BCUT2D eigenvalue weighted by molar-refractivity contribution is 0.600. The van der Waals surface area contributed by atoms with E-state index in [1.165, 1.54) is 17.5 Å². The van der Waals surface area contributed by atoms with Crippen LogP contribution in [-0.2, 0) is 10.0 Å². The van der Waals surface area contributed by atoms with Crippen LogP contribution in [0.1, 0.15) is 16.0 Å². The molecule has 0 unspecified atom stereocenters. The molecule has 5 nitrogen and oxygen atoms in total. The van der Waals surface area contributed by atoms with Gasteiger partial charge < -0.3 is 0 Å². The Hall–Kier alpha value is -2.40. The number of nitriles is 1. The summed E-state index contributed by atoms with van der Waals surface area (Å²) in [6, 6.07) is 12.1. The van der Waals surface area contributed by atoms with Crippen LogP contribution in [0.25, 0.3) is 10.6 Å². The molecule has 0 saturated heterocycles. The van der Waals surface area contributed by atoms with Crippen molar-refractivity contribution >= 4 is 38.6 Å². The number of sulfonamides is 1. The Bertz CT molecular complexity index is 1130. The van der Waals surface area contributed by atoms with Crippen molar-refractivity contribution in [3.05, 3.63) is 63.6 Å². The third-order valence-electron chi connectivity index (χ3n) is 3.72. The van der Waals surface area contributed by atoms with Gasteiger partial charge in [-0.25, -0.2) is 13.4 Å². The minimum atomic E-state index is -3.76. The quantitative estimate of drug-likeness (QED) is 0.681. The summed E-state index contributed by atoms with van der Waals surface area (Å²) < 4.78 is 28.1. The molecule has 1 N–H and O–H groups in total. The Morgan fingerprint density at radius 1 is 1.19 bits per heavy atom. The Morgan fingerprint density at radius 3 is 2.65 bits per heavy atom. The molecule has 3 aromatic rings. The van der Waals surface area contributed by atoms with Crippen LogP contribution >= 0.6 is 22.9 Å². The zero-order valence-electron chi connectivity index (χ0n) is 13.9. The fourth-order valence-corrected chi connectivity index (χ4v) is 4.72. The fourth-order valence-electron chi connectivity index (χ4n) is 2.43. The minimum absolute atomic E-state index is 0.186. The number of halogens is 1. The lowest BCUT2D eigenvalue weighted by Crippen LogP contribution is -2.14. The Balaban J connectivity index is 1.95. The molecule has 2 aromatic carbocycles. The van der Waals surface area contributed by atoms with Crippen molar-refractivity contribution in [3.8, 4) is 16.6 Å². The zero-order valence-corrected chi connectivity index (χ0v) is 16.3. The minimum Gasteiger partial charge on any atom is -0.280 e. The summed E-state index contributed by atoms with van der Waals surface area (Å²) in [7, 11) is -3.76. The number of benzene rings is 2. The van der Waals surface area contributed by atoms with E-state index in [9.17, 15) is 8.42 Å². The molecular formula is C18H14ClN3O2S2. The fraction of sp³-hybridized carbons (Fsp3) is 0.111. The number of aromatic nitrogens is 1. The van der Waals surface area contributed by atoms with Crippen molar-refractivity contribution in [2.75, 3.05) is 4.72 Å². The molecule has 0 aliphatic heterocycles. The van der Waals surface area contributed by atoms with Crippen LogP contribution in [-0.4, -0.2) is 13.4 Å². The van der Waals surface area contributed by atoms with Gasteiger partial charge in [0.05, 0.1) is 11.1 Å². The van der Waals surface area contributed by atoms with E-state index in [2.05, 4.69) is 9.71 Å². The van der Waals surface area contributed by atoms with Crippen LogP contribution in [0.5, 0.6) is 0 Å². The molecule has 0 atom stereocenters. The van der Waals surface area contributed by atoms with Gasteiger partial charge in [0.25, 0.3) is 10.0 Å². The van der Waals surface area contributed by atoms with E-state index in [1.807, 2.05) is 12.1 Å². The summed E-state index contributed by atoms with van der Waals surface area (Å²) in [6.07, 6.45) is 1.50. The van der Waals surface area contributed by atoms with E-state index in [0.717, 1.165) is 5.56 Å². The number of aryl methyl sites for hydroxylation is 2. The molecule has 0 saturated carbocycles. The second-order valence-electron chi connectivity index (χ2n) is 5.69. The van der Waals surface area contributed by atoms with Crippen LogP contribution in [0, 0.1) is 25.2 Å². The van der Waals surface area contributed by atoms with Crippen molar-refractivity contribution in [1.82, 2.24) is 4.98 Å². The lowest BCUT2D eigenvalue weighted by Gasteiger charge is -2.12. The summed E-state index contributed by atoms with van der Waals surface area (Å²) in [5, 5.41) is 10.1. The number of hydrogen-bond acceptors (Lipinski definition) is 5. The Morgan fingerprint density at radius 2 is 1.96 bits per heavy atom. The average molecular weight is 404 g/mol. The van der Waals surface area contributed by atoms with Gasteiger partial charge >= 0.3 is 0 Å². The molecule has 0 aliphatic carbocycles. The maximum absolute atomic E-state index is 12.8. The summed E-state index contributed by atoms with van der Waals surface area (Å²) in [5.41, 5.74) is 2.42. The molecule has 0 fully saturated rings. The molecular weight excluding hydrogens is 390 g/mol. The molecule has 1 aromatic heterocycles. The molecule has 26 heavy (non-hydrogen) atoms. The van der Waals surface area contributed by atoms with Crippen molar-refractivity contribution in [2.24, 2.45) is 0 Å². The largest absolute Gasteiger partial charge is 0.280 e. The predicted molar refractivity (Wildman–Crippen MR) is 104 cm³/mol. The number of nitrogens with one attached hydrogen (secondary N) is 1. The highest BCUT2D eigenvalue weighted by Gasteiger charge is 2.19. The number of anilines is 1. The normalized spacial score (nSPS) is 11.2. The lowest BCUT2D eigenvalue weighted by atomic mass is 10.2. The zero-order chi connectivity index (χ0) is 18.9. The first-order chi connectivity index (χ1) is 12.3. The second-order valence-corrected chi connectivity index (χ2v) is 8.78. The van der Waals surface area contributed by atoms with E-state index in [4.69, 9.17) is 16.9 Å². The van der Waals surface area contributed by atoms with Crippen LogP contribution in [0.3, 0.4) is 0 Å². The van der Waals surface area contributed by atoms with Crippen molar-refractivity contribution in [2.45, 2.75) is 18.7 Å². The van der Waals surface area contributed by atoms with Crippen molar-refractivity contribution < 1.29 is 8.42 Å². The smallest absolute Gasteiger partial charge is 0.262 e. The molecule has 0 amide bonds. The van der Waals surface area contributed by atoms with E-state index in [0.29, 0.717) is 31.7 Å². The van der Waals surface area contributed by atoms with Crippen LogP contribution in [0.15, 0.2) is 47.5 Å². The summed E-state index contributed by atoms with van der Waals surface area (Å²) in [4.78, 5) is 4.88. The summed E-state index contributed by atoms with van der Waals surface area (Å²) >= 11 is 7.31. The van der Waals surface area contributed by atoms with Crippen molar-refractivity contribution in [3.63, 3.8) is 0 Å². The third-order valence-corrected chi connectivity index (χ3v) is 6.60. The predicted octanol–water partition coefficient (Wildman–Crippen LogP) is 4.75. The SMILES string of the molecule is Cc1cc(S(=O)(=O)Nc2cccc(-c3ncc(C#N)s3)c2)c(C)cc1Cl. The van der Waals surface area contributed by atoms with E-state index >= 15 is 0 Å². The van der Waals surface area contributed by atoms with E-state index in [-0.39, 0.29) is 4.90 Å². The van der Waals surface area contributed by atoms with Gasteiger partial charge in [-0.3, -0.25) is 4.72 Å². The summed E-state index contributed by atoms with van der Waals surface area (Å²) in [6.45, 7) is 3.46. The molecule has 1 heterocycles. The van der Waals surface area contributed by atoms with Gasteiger partial charge in [-0.2, -0.15) is 5.26 Å². The Kier molecular flexibility index (Phi) is 5.01. The average Bonchev–Trinajstić information content (AvgIpc) is 3.07.